The van der Waals surface area contributed by atoms with Crippen molar-refractivity contribution in [1.29, 1.82) is 0 Å². The summed E-state index contributed by atoms with van der Waals surface area (Å²) in [4.78, 5) is 0. The molecule has 0 spiro atoms. The van der Waals surface area contributed by atoms with E-state index in [4.69, 9.17) is 14.6 Å². The molecule has 0 aliphatic heterocycles. The van der Waals surface area contributed by atoms with Crippen LogP contribution in [0.3, 0.4) is 0 Å². The Balaban J connectivity index is 0.000000346. The maximum atomic E-state index is 9.01. The van der Waals surface area contributed by atoms with Crippen LogP contribution in [0.5, 0.6) is 11.5 Å². The Hall–Kier alpha value is -2.00. The Morgan fingerprint density at radius 1 is 0.733 bits per heavy atom. The second-order valence-electron chi connectivity index (χ2n) is 8.04. The number of hydrogen-bond donors (Lipinski definition) is 1. The molecule has 0 heterocycles. The van der Waals surface area contributed by atoms with E-state index < -0.39 is 0 Å². The normalized spacial score (nSPS) is 13.7. The Morgan fingerprint density at radius 2 is 1.23 bits per heavy atom. The van der Waals surface area contributed by atoms with Crippen LogP contribution in [-0.4, -0.2) is 18.0 Å². The molecule has 2 aromatic carbocycles. The van der Waals surface area contributed by atoms with Crippen LogP contribution in [0, 0.1) is 0 Å². The number of unbranched alkanes of at least 4 members (excludes halogenated alkanes) is 2. The van der Waals surface area contributed by atoms with E-state index in [0.717, 1.165) is 31.6 Å². The highest BCUT2D eigenvalue weighted by Gasteiger charge is 2.06. The van der Waals surface area contributed by atoms with Gasteiger partial charge < -0.3 is 14.6 Å². The molecule has 30 heavy (non-hydrogen) atoms. The number of ether oxygens (including phenoxy) is 2. The third-order valence-electron chi connectivity index (χ3n) is 5.54. The number of phenolic OH excluding ortho intramolecular Hbond substituents is 1. The van der Waals surface area contributed by atoms with Crippen LogP contribution in [0.1, 0.15) is 96.6 Å². The molecule has 0 saturated carbocycles. The van der Waals surface area contributed by atoms with Crippen molar-refractivity contribution >= 4 is 0 Å². The van der Waals surface area contributed by atoms with E-state index in [-0.39, 0.29) is 6.29 Å². The smallest absolute Gasteiger partial charge is 0.196 e. The Labute approximate surface area is 184 Å². The van der Waals surface area contributed by atoms with Crippen molar-refractivity contribution in [3.8, 4) is 11.5 Å². The molecule has 0 bridgehead atoms. The number of phenols is 1. The molecule has 0 aromatic heterocycles. The SMILES string of the molecule is CCC(C)c1ccc(O)cc1.CCCCCOC(C)Oc1ccc(C(C)CC)cc1. The van der Waals surface area contributed by atoms with Gasteiger partial charge in [-0.2, -0.15) is 0 Å². The van der Waals surface area contributed by atoms with Gasteiger partial charge in [-0.3, -0.25) is 0 Å². The highest BCUT2D eigenvalue weighted by molar-refractivity contribution is 5.29. The van der Waals surface area contributed by atoms with Crippen molar-refractivity contribution in [2.45, 2.75) is 91.8 Å². The zero-order chi connectivity index (χ0) is 22.4. The van der Waals surface area contributed by atoms with Gasteiger partial charge in [0.1, 0.15) is 11.5 Å². The molecule has 0 aliphatic carbocycles. The summed E-state index contributed by atoms with van der Waals surface area (Å²) in [6.07, 6.45) is 5.68. The summed E-state index contributed by atoms with van der Waals surface area (Å²) in [5, 5.41) is 9.01. The monoisotopic (exact) mass is 414 g/mol. The number of benzene rings is 2. The summed E-state index contributed by atoms with van der Waals surface area (Å²) in [6, 6.07) is 15.8. The molecule has 0 fully saturated rings. The minimum absolute atomic E-state index is 0.175. The maximum Gasteiger partial charge on any atom is 0.196 e. The van der Waals surface area contributed by atoms with E-state index in [0.29, 0.717) is 17.6 Å². The van der Waals surface area contributed by atoms with Gasteiger partial charge in [0.2, 0.25) is 0 Å². The highest BCUT2D eigenvalue weighted by Crippen LogP contribution is 2.22. The van der Waals surface area contributed by atoms with Gasteiger partial charge >= 0.3 is 0 Å². The zero-order valence-electron chi connectivity index (χ0n) is 19.9. The summed E-state index contributed by atoms with van der Waals surface area (Å²) in [5.41, 5.74) is 2.66. The zero-order valence-corrected chi connectivity index (χ0v) is 19.9. The van der Waals surface area contributed by atoms with Crippen molar-refractivity contribution < 1.29 is 14.6 Å². The van der Waals surface area contributed by atoms with Gasteiger partial charge in [0.25, 0.3) is 0 Å². The van der Waals surface area contributed by atoms with Crippen molar-refractivity contribution in [3.05, 3.63) is 59.7 Å². The molecule has 168 valence electrons. The van der Waals surface area contributed by atoms with Gasteiger partial charge in [-0.05, 0) is 73.4 Å². The molecule has 2 rings (SSSR count). The lowest BCUT2D eigenvalue weighted by Gasteiger charge is -2.16. The standard InChI is InChI=1S/C17H28O2.C10H14O/c1-5-7-8-13-18-15(4)19-17-11-9-16(10-12-17)14(3)6-2;1-3-8(2)9-4-6-10(11)7-5-9/h9-12,14-15H,5-8,13H2,1-4H3;4-8,11H,3H2,1-2H3. The number of rotatable bonds is 11. The van der Waals surface area contributed by atoms with Crippen molar-refractivity contribution in [2.24, 2.45) is 0 Å². The first kappa shape index (κ1) is 26.0. The largest absolute Gasteiger partial charge is 0.508 e. The average Bonchev–Trinajstić information content (AvgIpc) is 2.77. The van der Waals surface area contributed by atoms with Crippen molar-refractivity contribution in [2.75, 3.05) is 6.61 Å². The Bertz CT molecular complexity index is 664. The van der Waals surface area contributed by atoms with Crippen LogP contribution in [0.4, 0.5) is 0 Å². The van der Waals surface area contributed by atoms with Crippen molar-refractivity contribution in [1.82, 2.24) is 0 Å². The van der Waals surface area contributed by atoms with Gasteiger partial charge in [-0.25, -0.2) is 0 Å². The van der Waals surface area contributed by atoms with Gasteiger partial charge in [0.05, 0.1) is 6.61 Å². The van der Waals surface area contributed by atoms with Gasteiger partial charge in [0.15, 0.2) is 6.29 Å². The van der Waals surface area contributed by atoms with E-state index in [2.05, 4.69) is 46.8 Å². The van der Waals surface area contributed by atoms with E-state index >= 15 is 0 Å². The van der Waals surface area contributed by atoms with Crippen LogP contribution in [0.15, 0.2) is 48.5 Å². The minimum atomic E-state index is -0.175. The number of hydrogen-bond acceptors (Lipinski definition) is 3. The van der Waals surface area contributed by atoms with Crippen LogP contribution in [0.2, 0.25) is 0 Å². The first-order chi connectivity index (χ1) is 14.4. The van der Waals surface area contributed by atoms with Gasteiger partial charge in [-0.1, -0.05) is 71.7 Å². The van der Waals surface area contributed by atoms with Gasteiger partial charge in [-0.15, -0.1) is 0 Å². The summed E-state index contributed by atoms with van der Waals surface area (Å²) >= 11 is 0. The predicted octanol–water partition coefficient (Wildman–Crippen LogP) is 8.04. The molecule has 2 aromatic rings. The molecule has 3 atom stereocenters. The molecule has 0 aliphatic rings. The Morgan fingerprint density at radius 3 is 1.70 bits per heavy atom. The quantitative estimate of drug-likeness (QED) is 0.299. The molecule has 0 radical (unpaired) electrons. The summed E-state index contributed by atoms with van der Waals surface area (Å²) in [5.74, 6) is 2.43. The second kappa shape index (κ2) is 14.9. The van der Waals surface area contributed by atoms with Crippen LogP contribution in [0.25, 0.3) is 0 Å². The lowest BCUT2D eigenvalue weighted by Crippen LogP contribution is -2.17. The number of aromatic hydroxyl groups is 1. The summed E-state index contributed by atoms with van der Waals surface area (Å²) in [6.45, 7) is 13.7. The van der Waals surface area contributed by atoms with E-state index in [1.165, 1.54) is 24.0 Å². The molecule has 3 heteroatoms. The highest BCUT2D eigenvalue weighted by atomic mass is 16.7. The molecule has 3 unspecified atom stereocenters. The van der Waals surface area contributed by atoms with Gasteiger partial charge in [0, 0.05) is 0 Å². The molecule has 3 nitrogen and oxygen atoms in total. The van der Waals surface area contributed by atoms with Crippen molar-refractivity contribution in [3.63, 3.8) is 0 Å². The average molecular weight is 415 g/mol. The van der Waals surface area contributed by atoms with Crippen LogP contribution in [-0.2, 0) is 4.74 Å². The van der Waals surface area contributed by atoms with Crippen LogP contribution < -0.4 is 4.74 Å². The van der Waals surface area contributed by atoms with Crippen LogP contribution >= 0.6 is 0 Å². The maximum absolute atomic E-state index is 9.01. The fourth-order valence-corrected chi connectivity index (χ4v) is 2.98. The summed E-state index contributed by atoms with van der Waals surface area (Å²) < 4.78 is 11.4. The molecular formula is C27H42O3. The van der Waals surface area contributed by atoms with E-state index in [1.54, 1.807) is 12.1 Å². The fraction of sp³-hybridized carbons (Fsp3) is 0.556. The third-order valence-corrected chi connectivity index (χ3v) is 5.54. The third kappa shape index (κ3) is 10.2. The fourth-order valence-electron chi connectivity index (χ4n) is 2.98. The molecule has 1 N–H and O–H groups in total. The minimum Gasteiger partial charge on any atom is -0.508 e. The topological polar surface area (TPSA) is 38.7 Å². The second-order valence-corrected chi connectivity index (χ2v) is 8.04. The lowest BCUT2D eigenvalue weighted by molar-refractivity contribution is -0.0676. The van der Waals surface area contributed by atoms with E-state index in [1.807, 2.05) is 31.2 Å². The molecule has 0 amide bonds. The lowest BCUT2D eigenvalue weighted by atomic mass is 9.99. The molecular weight excluding hydrogens is 372 g/mol. The predicted molar refractivity (Wildman–Crippen MR) is 128 cm³/mol. The first-order valence-corrected chi connectivity index (χ1v) is 11.6. The molecule has 0 saturated heterocycles. The van der Waals surface area contributed by atoms with E-state index in [9.17, 15) is 0 Å². The first-order valence-electron chi connectivity index (χ1n) is 11.6. The Kier molecular flexibility index (Phi) is 12.9. The summed E-state index contributed by atoms with van der Waals surface area (Å²) in [7, 11) is 0.